The van der Waals surface area contributed by atoms with Crippen molar-refractivity contribution in [3.05, 3.63) is 41.5 Å². The third-order valence-electron chi connectivity index (χ3n) is 3.17. The molecule has 30 heavy (non-hydrogen) atoms. The first-order valence-electron chi connectivity index (χ1n) is 6.90. The summed E-state index contributed by atoms with van der Waals surface area (Å²) in [5, 5.41) is 0. The third kappa shape index (κ3) is 4.88. The van der Waals surface area contributed by atoms with Gasteiger partial charge in [0.25, 0.3) is 0 Å². The third-order valence-corrected chi connectivity index (χ3v) is 3.17. The topological polar surface area (TPSA) is 9.23 Å². The predicted octanol–water partition coefficient (Wildman–Crippen LogP) is 6.91. The molecule has 0 fully saturated rings. The zero-order valence-corrected chi connectivity index (χ0v) is 13.5. The van der Waals surface area contributed by atoms with Crippen LogP contribution in [-0.4, -0.2) is 36.5 Å². The highest BCUT2D eigenvalue weighted by Crippen LogP contribution is 2.56. The molecule has 1 aromatic rings. The van der Waals surface area contributed by atoms with Crippen LogP contribution in [0.15, 0.2) is 41.5 Å². The first-order valence-corrected chi connectivity index (χ1v) is 6.90. The predicted molar refractivity (Wildman–Crippen MR) is 67.1 cm³/mol. The molecule has 0 bridgehead atoms. The van der Waals surface area contributed by atoms with E-state index in [1.54, 1.807) is 0 Å². The lowest BCUT2D eigenvalue weighted by Gasteiger charge is -2.35. The van der Waals surface area contributed by atoms with Crippen molar-refractivity contribution in [3.8, 4) is 5.75 Å². The summed E-state index contributed by atoms with van der Waals surface area (Å²) in [7, 11) is 0. The molecule has 0 spiro atoms. The minimum absolute atomic E-state index is 0.281. The second kappa shape index (κ2) is 7.44. The summed E-state index contributed by atoms with van der Waals surface area (Å²) in [5.41, 5.74) is -10.1. The van der Waals surface area contributed by atoms with Gasteiger partial charge in [-0.15, -0.1) is 0 Å². The summed E-state index contributed by atoms with van der Waals surface area (Å²) < 4.78 is 199. The van der Waals surface area contributed by atoms with Crippen LogP contribution in [0.4, 0.5) is 65.9 Å². The highest BCUT2D eigenvalue weighted by Gasteiger charge is 2.76. The van der Waals surface area contributed by atoms with Gasteiger partial charge in [0.1, 0.15) is 16.9 Å². The van der Waals surface area contributed by atoms with Crippen LogP contribution in [0.1, 0.15) is 0 Å². The Morgan fingerprint density at radius 3 is 1.23 bits per heavy atom. The molecule has 1 aromatic carbocycles. The Morgan fingerprint density at radius 1 is 0.533 bits per heavy atom. The molecule has 16 heteroatoms. The average molecular weight is 474 g/mol. The minimum Gasteiger partial charge on any atom is -0.447 e. The summed E-state index contributed by atoms with van der Waals surface area (Å²) in [6, 6.07) is 2.92. The number of halogens is 15. The van der Waals surface area contributed by atoms with Crippen molar-refractivity contribution in [2.75, 3.05) is 0 Å². The zero-order chi connectivity index (χ0) is 24.0. The molecule has 0 aromatic heterocycles. The smallest absolute Gasteiger partial charge is 0.447 e. The first kappa shape index (κ1) is 25.7. The van der Waals surface area contributed by atoms with Gasteiger partial charge < -0.3 is 4.74 Å². The number of benzene rings is 1. The fraction of sp³-hybridized carbons (Fsp3) is 0.429. The van der Waals surface area contributed by atoms with E-state index in [4.69, 9.17) is 0 Å². The monoisotopic (exact) mass is 474 g/mol. The molecule has 0 saturated heterocycles. The number of hydrogen-bond donors (Lipinski definition) is 0. The number of allylic oxidation sites excluding steroid dienone is 1. The van der Waals surface area contributed by atoms with Crippen LogP contribution in [0.2, 0.25) is 0 Å². The van der Waals surface area contributed by atoms with Crippen LogP contribution in [0.5, 0.6) is 5.75 Å². The van der Waals surface area contributed by atoms with E-state index in [0.717, 1.165) is 6.07 Å². The van der Waals surface area contributed by atoms with E-state index < -0.39 is 53.4 Å². The molecular formula is C14H5F15O. The lowest BCUT2D eigenvalue weighted by Crippen LogP contribution is -2.56. The van der Waals surface area contributed by atoms with Gasteiger partial charge in [-0.1, -0.05) is 18.2 Å². The van der Waals surface area contributed by atoms with Crippen molar-refractivity contribution in [2.24, 2.45) is 0 Å². The van der Waals surface area contributed by atoms with Crippen molar-refractivity contribution in [3.63, 3.8) is 0 Å². The Balaban J connectivity index is 4.16. The summed E-state index contributed by atoms with van der Waals surface area (Å²) in [5.74, 6) is -16.0. The van der Waals surface area contributed by atoms with Gasteiger partial charge in [-0.25, -0.2) is 0 Å². The van der Waals surface area contributed by atoms with E-state index >= 15 is 0 Å². The summed E-state index contributed by atoms with van der Waals surface area (Å²) in [4.78, 5) is 0. The zero-order valence-electron chi connectivity index (χ0n) is 13.5. The molecule has 0 heterocycles. The van der Waals surface area contributed by atoms with Gasteiger partial charge in [-0.2, -0.15) is 65.9 Å². The van der Waals surface area contributed by atoms with Crippen LogP contribution in [-0.2, 0) is 0 Å². The molecule has 1 rings (SSSR count). The molecular weight excluding hydrogens is 469 g/mol. The van der Waals surface area contributed by atoms with E-state index in [0.29, 0.717) is 12.1 Å². The number of hydrogen-bond acceptors (Lipinski definition) is 1. The number of para-hydroxylation sites is 1. The van der Waals surface area contributed by atoms with Crippen molar-refractivity contribution >= 4 is 0 Å². The van der Waals surface area contributed by atoms with Gasteiger partial charge in [0.05, 0.1) is 0 Å². The normalized spacial score (nSPS) is 17.3. The fourth-order valence-electron chi connectivity index (χ4n) is 2.00. The maximum Gasteiger partial charge on any atom is 0.465 e. The Hall–Kier alpha value is -2.29. The standard InChI is InChI=1S/C14H5F15O/c15-9(16,13(24,25)26)7(11(18,19)20)8(12(21,22)23)10(17,14(27,28)29)30-6-4-2-1-3-5-6/h1-5H/b8-7+. The van der Waals surface area contributed by atoms with E-state index in [1.165, 1.54) is 0 Å². The molecule has 0 radical (unpaired) electrons. The van der Waals surface area contributed by atoms with Gasteiger partial charge in [0.2, 0.25) is 0 Å². The molecule has 0 aliphatic rings. The van der Waals surface area contributed by atoms with Crippen LogP contribution >= 0.6 is 0 Å². The Bertz CT molecular complexity index is 766. The number of ether oxygens (including phenoxy) is 1. The summed E-state index contributed by atoms with van der Waals surface area (Å²) >= 11 is 0. The van der Waals surface area contributed by atoms with Crippen molar-refractivity contribution in [2.45, 2.75) is 36.5 Å². The molecule has 0 saturated carbocycles. The number of rotatable bonds is 4. The summed E-state index contributed by atoms with van der Waals surface area (Å²) in [6.45, 7) is 0. The second-order valence-corrected chi connectivity index (χ2v) is 5.33. The SMILES string of the molecule is FC(F)(F)/C(=C(/C(F)(F)F)C(F)(Oc1ccccc1)C(F)(F)F)C(F)(F)C(F)(F)F. The van der Waals surface area contributed by atoms with Gasteiger partial charge in [-0.3, -0.25) is 0 Å². The van der Waals surface area contributed by atoms with Crippen LogP contribution < -0.4 is 4.74 Å². The molecule has 0 N–H and O–H groups in total. The van der Waals surface area contributed by atoms with Crippen molar-refractivity contribution in [1.82, 2.24) is 0 Å². The average Bonchev–Trinajstić information content (AvgIpc) is 2.48. The number of alkyl halides is 15. The Labute approximate surface area is 155 Å². The quantitative estimate of drug-likeness (QED) is 0.341. The van der Waals surface area contributed by atoms with Crippen LogP contribution in [0.3, 0.4) is 0 Å². The molecule has 0 amide bonds. The van der Waals surface area contributed by atoms with Crippen molar-refractivity contribution < 1.29 is 70.6 Å². The lowest BCUT2D eigenvalue weighted by molar-refractivity contribution is -0.311. The molecule has 1 nitrogen and oxygen atoms in total. The van der Waals surface area contributed by atoms with Gasteiger partial charge in [-0.05, 0) is 12.1 Å². The molecule has 0 aliphatic carbocycles. The highest BCUT2D eigenvalue weighted by molar-refractivity contribution is 5.38. The van der Waals surface area contributed by atoms with Gasteiger partial charge in [0, 0.05) is 0 Å². The molecule has 172 valence electrons. The fourth-order valence-corrected chi connectivity index (χ4v) is 2.00. The van der Waals surface area contributed by atoms with Gasteiger partial charge in [0.15, 0.2) is 0 Å². The first-order chi connectivity index (χ1) is 13.1. The van der Waals surface area contributed by atoms with Gasteiger partial charge >= 0.3 is 36.5 Å². The highest BCUT2D eigenvalue weighted by atomic mass is 19.4. The molecule has 1 atom stereocenters. The van der Waals surface area contributed by atoms with E-state index in [2.05, 4.69) is 4.74 Å². The maximum absolute atomic E-state index is 14.5. The van der Waals surface area contributed by atoms with Crippen molar-refractivity contribution in [1.29, 1.82) is 0 Å². The van der Waals surface area contributed by atoms with E-state index in [1.807, 2.05) is 0 Å². The minimum atomic E-state index is -7.60. The Kier molecular flexibility index (Phi) is 6.39. The van der Waals surface area contributed by atoms with E-state index in [9.17, 15) is 65.9 Å². The largest absolute Gasteiger partial charge is 0.465 e. The lowest BCUT2D eigenvalue weighted by atomic mass is 9.93. The van der Waals surface area contributed by atoms with Crippen LogP contribution in [0.25, 0.3) is 0 Å². The molecule has 0 aliphatic heterocycles. The summed E-state index contributed by atoms with van der Waals surface area (Å²) in [6.07, 6.45) is -29.4. The Morgan fingerprint density at radius 2 is 0.933 bits per heavy atom. The maximum atomic E-state index is 14.5. The van der Waals surface area contributed by atoms with Crippen LogP contribution in [0, 0.1) is 0 Å². The van der Waals surface area contributed by atoms with E-state index in [-0.39, 0.29) is 12.1 Å². The second-order valence-electron chi connectivity index (χ2n) is 5.33. The molecule has 1 unspecified atom stereocenters.